The third-order valence-electron chi connectivity index (χ3n) is 7.88. The standard InChI is InChI=1S/C32H34F2N6O3/c1-7-27(42)39-19(5)15-38(16-20(39)6)30-22-13-24(34)25(14-21-23(33)9-8-10-26(21)41)36-31(22)40(32(43)37-30)29-18(4)11-12-35-28(29)17(2)3/h7-13,17,19-20,41H,1,14-16H2,2-6H3/t19-,20+. The fourth-order valence-corrected chi connectivity index (χ4v) is 5.92. The lowest BCUT2D eigenvalue weighted by Gasteiger charge is -2.44. The summed E-state index contributed by atoms with van der Waals surface area (Å²) >= 11 is 0. The second-order valence-corrected chi connectivity index (χ2v) is 11.3. The molecule has 1 amide bonds. The van der Waals surface area contributed by atoms with Crippen molar-refractivity contribution in [1.29, 1.82) is 0 Å². The maximum atomic E-state index is 15.8. The van der Waals surface area contributed by atoms with Crippen molar-refractivity contribution in [2.45, 2.75) is 59.0 Å². The number of nitrogens with zero attached hydrogens (tertiary/aromatic N) is 6. The van der Waals surface area contributed by atoms with Gasteiger partial charge in [0, 0.05) is 43.4 Å². The summed E-state index contributed by atoms with van der Waals surface area (Å²) in [5.41, 5.74) is 1.12. The number of anilines is 1. The molecule has 11 heteroatoms. The summed E-state index contributed by atoms with van der Waals surface area (Å²) in [5, 5.41) is 10.6. The van der Waals surface area contributed by atoms with Gasteiger partial charge in [0.15, 0.2) is 5.65 Å². The van der Waals surface area contributed by atoms with Crippen molar-refractivity contribution < 1.29 is 18.7 Å². The van der Waals surface area contributed by atoms with Crippen LogP contribution in [-0.2, 0) is 11.2 Å². The quantitative estimate of drug-likeness (QED) is 0.323. The fraction of sp³-hybridized carbons (Fsp3) is 0.344. The molecule has 224 valence electrons. The Labute approximate surface area is 248 Å². The van der Waals surface area contributed by atoms with Gasteiger partial charge >= 0.3 is 5.69 Å². The van der Waals surface area contributed by atoms with Crippen molar-refractivity contribution in [3.8, 4) is 11.4 Å². The number of benzene rings is 1. The first-order chi connectivity index (χ1) is 20.4. The molecular formula is C32H34F2N6O3. The van der Waals surface area contributed by atoms with E-state index >= 15 is 4.39 Å². The number of amides is 1. The van der Waals surface area contributed by atoms with Crippen LogP contribution in [0.5, 0.6) is 5.75 Å². The van der Waals surface area contributed by atoms with E-state index in [1.165, 1.54) is 34.9 Å². The number of carbonyl (C=O) groups is 1. The van der Waals surface area contributed by atoms with E-state index in [0.717, 1.165) is 5.56 Å². The summed E-state index contributed by atoms with van der Waals surface area (Å²) in [4.78, 5) is 43.7. The van der Waals surface area contributed by atoms with E-state index in [2.05, 4.69) is 21.5 Å². The lowest BCUT2D eigenvalue weighted by atomic mass is 10.0. The first kappa shape index (κ1) is 29.8. The normalized spacial score (nSPS) is 17.1. The Morgan fingerprint density at radius 3 is 2.47 bits per heavy atom. The highest BCUT2D eigenvalue weighted by Gasteiger charge is 2.34. The zero-order valence-electron chi connectivity index (χ0n) is 24.8. The summed E-state index contributed by atoms with van der Waals surface area (Å²) in [5.74, 6) is -1.79. The van der Waals surface area contributed by atoms with Gasteiger partial charge in [-0.25, -0.2) is 23.1 Å². The molecule has 1 saturated heterocycles. The number of halogens is 2. The third kappa shape index (κ3) is 5.35. The molecule has 0 spiro atoms. The Hall–Kier alpha value is -4.67. The molecule has 1 fully saturated rings. The predicted molar refractivity (Wildman–Crippen MR) is 161 cm³/mol. The molecule has 0 saturated carbocycles. The first-order valence-electron chi connectivity index (χ1n) is 14.2. The van der Waals surface area contributed by atoms with Gasteiger partial charge in [0.2, 0.25) is 5.91 Å². The van der Waals surface area contributed by atoms with Crippen molar-refractivity contribution in [3.05, 3.63) is 93.8 Å². The van der Waals surface area contributed by atoms with Crippen molar-refractivity contribution in [1.82, 2.24) is 24.4 Å². The second kappa shape index (κ2) is 11.5. The molecule has 0 unspecified atom stereocenters. The van der Waals surface area contributed by atoms with Gasteiger partial charge in [0.1, 0.15) is 23.2 Å². The second-order valence-electron chi connectivity index (χ2n) is 11.3. The molecule has 0 aliphatic carbocycles. The number of hydrogen-bond acceptors (Lipinski definition) is 7. The summed E-state index contributed by atoms with van der Waals surface area (Å²) in [6.45, 7) is 13.8. The highest BCUT2D eigenvalue weighted by molar-refractivity contribution is 5.90. The third-order valence-corrected chi connectivity index (χ3v) is 7.88. The van der Waals surface area contributed by atoms with Gasteiger partial charge in [-0.05, 0) is 62.6 Å². The van der Waals surface area contributed by atoms with Gasteiger partial charge in [-0.2, -0.15) is 4.98 Å². The fourth-order valence-electron chi connectivity index (χ4n) is 5.92. The number of aryl methyl sites for hydroxylation is 1. The lowest BCUT2D eigenvalue weighted by molar-refractivity contribution is -0.130. The summed E-state index contributed by atoms with van der Waals surface area (Å²) < 4.78 is 31.8. The van der Waals surface area contributed by atoms with Crippen molar-refractivity contribution in [3.63, 3.8) is 0 Å². The van der Waals surface area contributed by atoms with E-state index < -0.39 is 17.3 Å². The Balaban J connectivity index is 1.77. The average Bonchev–Trinajstić information content (AvgIpc) is 2.95. The predicted octanol–water partition coefficient (Wildman–Crippen LogP) is 4.79. The largest absolute Gasteiger partial charge is 0.508 e. The van der Waals surface area contributed by atoms with E-state index in [4.69, 9.17) is 0 Å². The Bertz CT molecular complexity index is 1770. The number of aromatic hydroxyl groups is 1. The SMILES string of the molecule is C=CC(=O)N1[C@H](C)CN(c2nc(=O)n(-c3c(C)ccnc3C(C)C)c3nc(Cc4c(O)cccc4F)c(F)cc23)C[C@@H]1C. The minimum atomic E-state index is -0.739. The molecule has 1 N–H and O–H groups in total. The summed E-state index contributed by atoms with van der Waals surface area (Å²) in [6.07, 6.45) is 2.59. The van der Waals surface area contributed by atoms with Crippen LogP contribution < -0.4 is 10.6 Å². The van der Waals surface area contributed by atoms with Crippen molar-refractivity contribution in [2.75, 3.05) is 18.0 Å². The minimum Gasteiger partial charge on any atom is -0.508 e. The number of phenols is 1. The van der Waals surface area contributed by atoms with Crippen LogP contribution in [0.3, 0.4) is 0 Å². The topological polar surface area (TPSA) is 104 Å². The Morgan fingerprint density at radius 1 is 1.14 bits per heavy atom. The van der Waals surface area contributed by atoms with E-state index in [1.807, 2.05) is 39.5 Å². The number of phenolic OH excluding ortho intramolecular Hbond substituents is 1. The lowest BCUT2D eigenvalue weighted by Crippen LogP contribution is -2.58. The van der Waals surface area contributed by atoms with E-state index in [1.54, 1.807) is 17.2 Å². The Kier molecular flexibility index (Phi) is 8.00. The van der Waals surface area contributed by atoms with Crippen molar-refractivity contribution in [2.24, 2.45) is 0 Å². The highest BCUT2D eigenvalue weighted by Crippen LogP contribution is 2.32. The number of hydrogen-bond donors (Lipinski definition) is 1. The van der Waals surface area contributed by atoms with Crippen LogP contribution in [0.2, 0.25) is 0 Å². The van der Waals surface area contributed by atoms with Gasteiger partial charge in [0.25, 0.3) is 0 Å². The first-order valence-corrected chi connectivity index (χ1v) is 14.2. The molecular weight excluding hydrogens is 554 g/mol. The van der Waals surface area contributed by atoms with Crippen LogP contribution >= 0.6 is 0 Å². The average molecular weight is 589 g/mol. The zero-order chi connectivity index (χ0) is 31.2. The molecule has 1 aromatic carbocycles. The highest BCUT2D eigenvalue weighted by atomic mass is 19.1. The molecule has 4 aromatic rings. The molecule has 43 heavy (non-hydrogen) atoms. The molecule has 1 aliphatic heterocycles. The van der Waals surface area contributed by atoms with Crippen LogP contribution in [0, 0.1) is 18.6 Å². The molecule has 1 aliphatic rings. The number of rotatable bonds is 6. The molecule has 5 rings (SSSR count). The maximum Gasteiger partial charge on any atom is 0.355 e. The number of pyridine rings is 2. The molecule has 4 heterocycles. The number of fused-ring (bicyclic) bond motifs is 1. The Morgan fingerprint density at radius 2 is 1.84 bits per heavy atom. The van der Waals surface area contributed by atoms with Gasteiger partial charge in [0.05, 0.1) is 22.5 Å². The van der Waals surface area contributed by atoms with Gasteiger partial charge in [-0.1, -0.05) is 26.5 Å². The van der Waals surface area contributed by atoms with Gasteiger partial charge < -0.3 is 14.9 Å². The van der Waals surface area contributed by atoms with Gasteiger partial charge in [-0.3, -0.25) is 9.78 Å². The van der Waals surface area contributed by atoms with Crippen LogP contribution in [0.25, 0.3) is 16.7 Å². The summed E-state index contributed by atoms with van der Waals surface area (Å²) in [6, 6.07) is 6.39. The van der Waals surface area contributed by atoms with E-state index in [9.17, 15) is 19.1 Å². The monoisotopic (exact) mass is 588 g/mol. The smallest absolute Gasteiger partial charge is 0.355 e. The van der Waals surface area contributed by atoms with Crippen LogP contribution in [-0.4, -0.2) is 60.6 Å². The van der Waals surface area contributed by atoms with E-state index in [0.29, 0.717) is 24.5 Å². The minimum absolute atomic E-state index is 0.0658. The van der Waals surface area contributed by atoms with Crippen LogP contribution in [0.1, 0.15) is 56.1 Å². The van der Waals surface area contributed by atoms with Crippen LogP contribution in [0.4, 0.5) is 14.6 Å². The number of aromatic nitrogens is 4. The van der Waals surface area contributed by atoms with Gasteiger partial charge in [-0.15, -0.1) is 0 Å². The zero-order valence-corrected chi connectivity index (χ0v) is 24.8. The maximum absolute atomic E-state index is 15.8. The van der Waals surface area contributed by atoms with Crippen LogP contribution in [0.15, 0.2) is 54.0 Å². The van der Waals surface area contributed by atoms with E-state index in [-0.39, 0.29) is 64.2 Å². The van der Waals surface area contributed by atoms with Crippen molar-refractivity contribution >= 4 is 22.8 Å². The summed E-state index contributed by atoms with van der Waals surface area (Å²) in [7, 11) is 0. The molecule has 0 bridgehead atoms. The molecule has 3 aromatic heterocycles. The number of carbonyl (C=O) groups excluding carboxylic acids is 1. The molecule has 0 radical (unpaired) electrons. The molecule has 2 atom stereocenters. The molecule has 9 nitrogen and oxygen atoms in total. The number of piperazine rings is 1.